The van der Waals surface area contributed by atoms with Crippen molar-refractivity contribution < 1.29 is 23.1 Å². The summed E-state index contributed by atoms with van der Waals surface area (Å²) in [6.07, 6.45) is -0.692. The molecule has 1 aliphatic heterocycles. The Bertz CT molecular complexity index is 1280. The highest BCUT2D eigenvalue weighted by molar-refractivity contribution is 5.94. The van der Waals surface area contributed by atoms with Crippen molar-refractivity contribution in [3.8, 4) is 0 Å². The standard InChI is InChI=1S/C23H23F3N4O3/c1-13(27-18-6-4-3-5-15(18)21(32)33)16-11-14(24)12-17-19(16)28-22(29(2)20(17)31)30-9-7-23(25,26)8-10-30/h3-6,11-13,27H,7-10H2,1-2H3,(H,32,33). The number of hydrogen-bond donors (Lipinski definition) is 2. The molecule has 3 aromatic rings. The third kappa shape index (κ3) is 4.37. The van der Waals surface area contributed by atoms with Gasteiger partial charge >= 0.3 is 5.97 Å². The van der Waals surface area contributed by atoms with Gasteiger partial charge in [0, 0.05) is 44.2 Å². The Morgan fingerprint density at radius 3 is 2.55 bits per heavy atom. The van der Waals surface area contributed by atoms with E-state index in [0.29, 0.717) is 11.3 Å². The lowest BCUT2D eigenvalue weighted by atomic mass is 10.0. The van der Waals surface area contributed by atoms with Gasteiger partial charge < -0.3 is 15.3 Å². The second-order valence-corrected chi connectivity index (χ2v) is 8.23. The van der Waals surface area contributed by atoms with E-state index < -0.39 is 29.3 Å². The fourth-order valence-electron chi connectivity index (χ4n) is 4.11. The number of alkyl halides is 2. The number of anilines is 2. The lowest BCUT2D eigenvalue weighted by Crippen LogP contribution is -2.42. The van der Waals surface area contributed by atoms with Crippen molar-refractivity contribution in [3.05, 3.63) is 63.7 Å². The van der Waals surface area contributed by atoms with Gasteiger partial charge in [-0.3, -0.25) is 9.36 Å². The molecular weight excluding hydrogens is 437 g/mol. The number of aromatic nitrogens is 2. The van der Waals surface area contributed by atoms with Gasteiger partial charge in [0.15, 0.2) is 0 Å². The number of fused-ring (bicyclic) bond motifs is 1. The van der Waals surface area contributed by atoms with E-state index in [4.69, 9.17) is 0 Å². The summed E-state index contributed by atoms with van der Waals surface area (Å²) in [4.78, 5) is 30.8. The minimum Gasteiger partial charge on any atom is -0.478 e. The van der Waals surface area contributed by atoms with E-state index in [1.807, 2.05) is 0 Å². The molecule has 1 atom stereocenters. The number of benzene rings is 2. The maximum Gasteiger partial charge on any atom is 0.337 e. The number of hydrogen-bond acceptors (Lipinski definition) is 5. The molecule has 1 aromatic heterocycles. The van der Waals surface area contributed by atoms with Crippen LogP contribution < -0.4 is 15.8 Å². The smallest absolute Gasteiger partial charge is 0.337 e. The zero-order chi connectivity index (χ0) is 23.9. The molecule has 0 radical (unpaired) electrons. The molecule has 0 saturated carbocycles. The fraction of sp³-hybridized carbons (Fsp3) is 0.348. The largest absolute Gasteiger partial charge is 0.478 e. The highest BCUT2D eigenvalue weighted by Gasteiger charge is 2.35. The van der Waals surface area contributed by atoms with Crippen LogP contribution in [0, 0.1) is 5.82 Å². The van der Waals surface area contributed by atoms with Crippen LogP contribution in [0.25, 0.3) is 10.9 Å². The van der Waals surface area contributed by atoms with Gasteiger partial charge in [0.25, 0.3) is 11.5 Å². The minimum atomic E-state index is -2.75. The second-order valence-electron chi connectivity index (χ2n) is 8.23. The predicted molar refractivity (Wildman–Crippen MR) is 119 cm³/mol. The molecule has 10 heteroatoms. The summed E-state index contributed by atoms with van der Waals surface area (Å²) in [5.41, 5.74) is 0.471. The Morgan fingerprint density at radius 2 is 1.88 bits per heavy atom. The van der Waals surface area contributed by atoms with Crippen LogP contribution in [0.3, 0.4) is 0 Å². The molecule has 0 bridgehead atoms. The lowest BCUT2D eigenvalue weighted by Gasteiger charge is -2.33. The Labute approximate surface area is 187 Å². The SMILES string of the molecule is CC(Nc1ccccc1C(=O)O)c1cc(F)cc2c(=O)n(C)c(N3CCC(F)(F)CC3)nc12. The number of para-hydroxylation sites is 1. The van der Waals surface area contributed by atoms with Crippen LogP contribution >= 0.6 is 0 Å². The summed E-state index contributed by atoms with van der Waals surface area (Å²) >= 11 is 0. The van der Waals surface area contributed by atoms with Gasteiger partial charge in [-0.25, -0.2) is 22.9 Å². The molecule has 1 aliphatic rings. The van der Waals surface area contributed by atoms with E-state index in [2.05, 4.69) is 10.3 Å². The first-order valence-corrected chi connectivity index (χ1v) is 10.5. The quantitative estimate of drug-likeness (QED) is 0.594. The zero-order valence-corrected chi connectivity index (χ0v) is 18.1. The van der Waals surface area contributed by atoms with Gasteiger partial charge in [0.2, 0.25) is 5.95 Å². The molecule has 1 unspecified atom stereocenters. The molecule has 0 amide bonds. The molecule has 2 heterocycles. The molecule has 2 aromatic carbocycles. The van der Waals surface area contributed by atoms with Crippen LogP contribution in [0.5, 0.6) is 0 Å². The van der Waals surface area contributed by atoms with E-state index in [1.54, 1.807) is 30.0 Å². The summed E-state index contributed by atoms with van der Waals surface area (Å²) < 4.78 is 43.0. The van der Waals surface area contributed by atoms with Crippen molar-refractivity contribution in [2.45, 2.75) is 31.7 Å². The first-order valence-electron chi connectivity index (χ1n) is 10.5. The van der Waals surface area contributed by atoms with Crippen molar-refractivity contribution in [2.75, 3.05) is 23.3 Å². The van der Waals surface area contributed by atoms with Crippen LogP contribution in [0.1, 0.15) is 41.7 Å². The molecule has 7 nitrogen and oxygen atoms in total. The van der Waals surface area contributed by atoms with E-state index in [-0.39, 0.29) is 48.3 Å². The molecule has 1 saturated heterocycles. The van der Waals surface area contributed by atoms with Gasteiger partial charge in [-0.2, -0.15) is 0 Å². The molecule has 1 fully saturated rings. The van der Waals surface area contributed by atoms with Gasteiger partial charge in [-0.15, -0.1) is 0 Å². The number of halogens is 3. The topological polar surface area (TPSA) is 87.5 Å². The Kier molecular flexibility index (Phi) is 5.77. The molecule has 33 heavy (non-hydrogen) atoms. The average molecular weight is 460 g/mol. The number of carbonyl (C=O) groups is 1. The number of nitrogens with zero attached hydrogens (tertiary/aromatic N) is 3. The van der Waals surface area contributed by atoms with Crippen LogP contribution in [0.2, 0.25) is 0 Å². The predicted octanol–water partition coefficient (Wildman–Crippen LogP) is 4.18. The Hall–Kier alpha value is -3.56. The number of aromatic carboxylic acids is 1. The normalized spacial score (nSPS) is 16.6. The van der Waals surface area contributed by atoms with Crippen molar-refractivity contribution in [1.82, 2.24) is 9.55 Å². The summed E-state index contributed by atoms with van der Waals surface area (Å²) in [5, 5.41) is 12.6. The first kappa shape index (κ1) is 22.6. The molecule has 174 valence electrons. The van der Waals surface area contributed by atoms with Crippen LogP contribution in [0.4, 0.5) is 24.8 Å². The third-order valence-corrected chi connectivity index (χ3v) is 5.92. The lowest BCUT2D eigenvalue weighted by molar-refractivity contribution is -0.0223. The van der Waals surface area contributed by atoms with E-state index in [9.17, 15) is 27.9 Å². The average Bonchev–Trinajstić information content (AvgIpc) is 2.76. The molecule has 4 rings (SSSR count). The maximum absolute atomic E-state index is 14.5. The van der Waals surface area contributed by atoms with Crippen LogP contribution in [-0.4, -0.2) is 39.6 Å². The summed E-state index contributed by atoms with van der Waals surface area (Å²) in [6, 6.07) is 8.03. The van der Waals surface area contributed by atoms with E-state index >= 15 is 0 Å². The van der Waals surface area contributed by atoms with Crippen LogP contribution in [0.15, 0.2) is 41.2 Å². The monoisotopic (exact) mass is 460 g/mol. The Balaban J connectivity index is 1.80. The first-order chi connectivity index (χ1) is 15.6. The number of carboxylic acids is 1. The van der Waals surface area contributed by atoms with Gasteiger partial charge in [-0.05, 0) is 31.2 Å². The van der Waals surface area contributed by atoms with Crippen molar-refractivity contribution >= 4 is 28.5 Å². The molecule has 0 spiro atoms. The van der Waals surface area contributed by atoms with Gasteiger partial charge in [0.1, 0.15) is 5.82 Å². The molecule has 2 N–H and O–H groups in total. The highest BCUT2D eigenvalue weighted by atomic mass is 19.3. The summed E-state index contributed by atoms with van der Waals surface area (Å²) in [6.45, 7) is 1.78. The fourth-order valence-corrected chi connectivity index (χ4v) is 4.11. The molecule has 0 aliphatic carbocycles. The minimum absolute atomic E-state index is 0.0368. The number of piperidine rings is 1. The molecular formula is C23H23F3N4O3. The van der Waals surface area contributed by atoms with Crippen molar-refractivity contribution in [1.29, 1.82) is 0 Å². The number of nitrogens with one attached hydrogen (secondary N) is 1. The third-order valence-electron chi connectivity index (χ3n) is 5.92. The van der Waals surface area contributed by atoms with E-state index in [1.165, 1.54) is 23.7 Å². The second kappa shape index (κ2) is 8.42. The van der Waals surface area contributed by atoms with E-state index in [0.717, 1.165) is 6.07 Å². The summed E-state index contributed by atoms with van der Waals surface area (Å²) in [7, 11) is 1.48. The summed E-state index contributed by atoms with van der Waals surface area (Å²) in [5.74, 6) is -4.28. The highest BCUT2D eigenvalue weighted by Crippen LogP contribution is 2.32. The van der Waals surface area contributed by atoms with Gasteiger partial charge in [0.05, 0.1) is 22.5 Å². The van der Waals surface area contributed by atoms with Gasteiger partial charge in [-0.1, -0.05) is 12.1 Å². The van der Waals surface area contributed by atoms with Crippen LogP contribution in [-0.2, 0) is 7.05 Å². The zero-order valence-electron chi connectivity index (χ0n) is 18.1. The number of rotatable bonds is 5. The Morgan fingerprint density at radius 1 is 1.21 bits per heavy atom. The number of carboxylic acid groups (broad SMARTS) is 1. The van der Waals surface area contributed by atoms with Crippen molar-refractivity contribution in [2.24, 2.45) is 7.05 Å². The van der Waals surface area contributed by atoms with Crippen molar-refractivity contribution in [3.63, 3.8) is 0 Å². The maximum atomic E-state index is 14.5.